The Kier molecular flexibility index (Phi) is 4.15. The van der Waals surface area contributed by atoms with E-state index >= 15 is 0 Å². The number of pyridine rings is 1. The van der Waals surface area contributed by atoms with Gasteiger partial charge in [-0.1, -0.05) is 18.2 Å². The molecule has 0 saturated carbocycles. The quantitative estimate of drug-likeness (QED) is 0.816. The van der Waals surface area contributed by atoms with Gasteiger partial charge in [0, 0.05) is 22.2 Å². The van der Waals surface area contributed by atoms with E-state index in [0.29, 0.717) is 11.3 Å². The van der Waals surface area contributed by atoms with Gasteiger partial charge in [0.25, 0.3) is 0 Å². The molecule has 1 aromatic carbocycles. The molecule has 18 heavy (non-hydrogen) atoms. The number of thioether (sulfide) groups is 1. The molecule has 0 spiro atoms. The summed E-state index contributed by atoms with van der Waals surface area (Å²) in [5, 5.41) is 28.2. The largest absolute Gasteiger partial charge is 0.394 e. The monoisotopic (exact) mass is 260 g/mol. The molecule has 4 nitrogen and oxygen atoms in total. The summed E-state index contributed by atoms with van der Waals surface area (Å²) in [5.41, 5.74) is 1.31. The van der Waals surface area contributed by atoms with Crippen molar-refractivity contribution in [3.63, 3.8) is 0 Å². The van der Waals surface area contributed by atoms with Gasteiger partial charge >= 0.3 is 0 Å². The van der Waals surface area contributed by atoms with Crippen LogP contribution in [0.4, 0.5) is 0 Å². The van der Waals surface area contributed by atoms with Crippen LogP contribution in [0.3, 0.4) is 0 Å². The Balaban J connectivity index is 2.42. The molecular weight excluding hydrogens is 248 g/mol. The highest BCUT2D eigenvalue weighted by Gasteiger charge is 2.11. The number of aromatic nitrogens is 1. The average molecular weight is 260 g/mol. The Hall–Kier alpha value is -1.61. The van der Waals surface area contributed by atoms with Crippen molar-refractivity contribution in [2.75, 3.05) is 12.4 Å². The van der Waals surface area contributed by atoms with E-state index in [9.17, 15) is 5.11 Å². The summed E-state index contributed by atoms with van der Waals surface area (Å²) in [6, 6.07) is 9.65. The smallest absolute Gasteiger partial charge is 0.102 e. The molecule has 0 radical (unpaired) electrons. The highest BCUT2D eigenvalue weighted by Crippen LogP contribution is 2.30. The summed E-state index contributed by atoms with van der Waals surface area (Å²) in [6.45, 7) is -0.280. The summed E-state index contributed by atoms with van der Waals surface area (Å²) in [4.78, 5) is 5.01. The predicted octanol–water partition coefficient (Wildman–Crippen LogP) is 1.55. The maximum atomic E-state index is 9.39. The molecule has 0 bridgehead atoms. The third kappa shape index (κ3) is 2.62. The lowest BCUT2D eigenvalue weighted by Crippen LogP contribution is -2.14. The maximum Gasteiger partial charge on any atom is 0.102 e. The first-order valence-corrected chi connectivity index (χ1v) is 6.44. The van der Waals surface area contributed by atoms with Crippen molar-refractivity contribution in [2.24, 2.45) is 0 Å². The topological polar surface area (TPSA) is 77.1 Å². The van der Waals surface area contributed by atoms with Gasteiger partial charge in [0.05, 0.1) is 23.8 Å². The van der Waals surface area contributed by atoms with Gasteiger partial charge in [-0.25, -0.2) is 0 Å². The van der Waals surface area contributed by atoms with Gasteiger partial charge in [0.15, 0.2) is 0 Å². The van der Waals surface area contributed by atoms with Crippen molar-refractivity contribution in [2.45, 2.75) is 11.0 Å². The summed E-state index contributed by atoms with van der Waals surface area (Å²) in [5.74, 6) is 0.346. The number of fused-ring (bicyclic) bond motifs is 1. The number of hydrogen-bond acceptors (Lipinski definition) is 5. The molecule has 1 atom stereocenters. The second-order valence-corrected chi connectivity index (χ2v) is 4.81. The van der Waals surface area contributed by atoms with Crippen LogP contribution in [-0.2, 0) is 0 Å². The minimum atomic E-state index is -0.784. The second-order valence-electron chi connectivity index (χ2n) is 3.78. The number of aliphatic hydroxyl groups is 2. The van der Waals surface area contributed by atoms with E-state index in [1.165, 1.54) is 18.0 Å². The van der Waals surface area contributed by atoms with E-state index in [1.54, 1.807) is 0 Å². The molecule has 2 aromatic rings. The molecular formula is C13H12N2O2S. The van der Waals surface area contributed by atoms with E-state index in [-0.39, 0.29) is 6.61 Å². The van der Waals surface area contributed by atoms with Gasteiger partial charge in [-0.15, -0.1) is 11.8 Å². The summed E-state index contributed by atoms with van der Waals surface area (Å²) < 4.78 is 0. The van der Waals surface area contributed by atoms with Crippen molar-refractivity contribution in [1.29, 1.82) is 5.26 Å². The molecule has 1 unspecified atom stereocenters. The van der Waals surface area contributed by atoms with Gasteiger partial charge < -0.3 is 10.2 Å². The van der Waals surface area contributed by atoms with Crippen LogP contribution in [-0.4, -0.2) is 33.7 Å². The molecule has 2 rings (SSSR count). The average Bonchev–Trinajstić information content (AvgIpc) is 2.44. The Morgan fingerprint density at radius 2 is 2.17 bits per heavy atom. The lowest BCUT2D eigenvalue weighted by Gasteiger charge is -2.10. The van der Waals surface area contributed by atoms with Gasteiger partial charge in [-0.3, -0.25) is 4.98 Å². The molecule has 2 N–H and O–H groups in total. The Morgan fingerprint density at radius 1 is 1.39 bits per heavy atom. The minimum absolute atomic E-state index is 0.280. The fourth-order valence-electron chi connectivity index (χ4n) is 1.58. The number of benzene rings is 1. The molecule has 1 aromatic heterocycles. The molecule has 5 heteroatoms. The minimum Gasteiger partial charge on any atom is -0.394 e. The molecule has 0 amide bonds. The Bertz CT molecular complexity index is 595. The predicted molar refractivity (Wildman–Crippen MR) is 70.3 cm³/mol. The zero-order chi connectivity index (χ0) is 13.0. The number of aliphatic hydroxyl groups excluding tert-OH is 2. The normalized spacial score (nSPS) is 12.3. The van der Waals surface area contributed by atoms with Crippen molar-refractivity contribution in [3.8, 4) is 6.07 Å². The molecule has 0 fully saturated rings. The van der Waals surface area contributed by atoms with Gasteiger partial charge in [0.1, 0.15) is 6.07 Å². The third-order valence-corrected chi connectivity index (χ3v) is 3.76. The van der Waals surface area contributed by atoms with Crippen LogP contribution >= 0.6 is 11.8 Å². The molecule has 92 valence electrons. The summed E-state index contributed by atoms with van der Waals surface area (Å²) in [6.07, 6.45) is 0.754. The van der Waals surface area contributed by atoms with E-state index in [0.717, 1.165) is 15.8 Å². The van der Waals surface area contributed by atoms with Crippen LogP contribution in [0, 0.1) is 11.3 Å². The second kappa shape index (κ2) is 5.83. The Morgan fingerprint density at radius 3 is 2.89 bits per heavy atom. The molecule has 0 aliphatic rings. The molecule has 0 aliphatic carbocycles. The fraction of sp³-hybridized carbons (Fsp3) is 0.231. The first-order chi connectivity index (χ1) is 8.76. The highest BCUT2D eigenvalue weighted by molar-refractivity contribution is 7.99. The first kappa shape index (κ1) is 12.8. The highest BCUT2D eigenvalue weighted by atomic mass is 32.2. The van der Waals surface area contributed by atoms with E-state index in [2.05, 4.69) is 11.1 Å². The maximum absolute atomic E-state index is 9.39. The lowest BCUT2D eigenvalue weighted by molar-refractivity contribution is 0.113. The zero-order valence-electron chi connectivity index (χ0n) is 9.58. The standard InChI is InChI=1S/C13H12N2O2S/c14-5-9-6-15-12-4-2-1-3-11(12)13(9)18-8-10(17)7-16/h1-4,6,10,16-17H,7-8H2. The third-order valence-electron chi connectivity index (χ3n) is 2.48. The van der Waals surface area contributed by atoms with Crippen molar-refractivity contribution in [3.05, 3.63) is 36.0 Å². The number of hydrogen-bond donors (Lipinski definition) is 2. The Labute approximate surface area is 109 Å². The van der Waals surface area contributed by atoms with Crippen LogP contribution < -0.4 is 0 Å². The molecule has 1 heterocycles. The van der Waals surface area contributed by atoms with Crippen LogP contribution in [0.5, 0.6) is 0 Å². The summed E-state index contributed by atoms with van der Waals surface area (Å²) >= 11 is 1.36. The van der Waals surface area contributed by atoms with E-state index in [4.69, 9.17) is 10.4 Å². The zero-order valence-corrected chi connectivity index (χ0v) is 10.4. The van der Waals surface area contributed by atoms with Crippen molar-refractivity contribution >= 4 is 22.7 Å². The number of nitriles is 1. The number of rotatable bonds is 4. The van der Waals surface area contributed by atoms with E-state index < -0.39 is 6.10 Å². The van der Waals surface area contributed by atoms with Gasteiger partial charge in [0.2, 0.25) is 0 Å². The van der Waals surface area contributed by atoms with Crippen LogP contribution in [0.2, 0.25) is 0 Å². The van der Waals surface area contributed by atoms with Crippen LogP contribution in [0.15, 0.2) is 35.4 Å². The lowest BCUT2D eigenvalue weighted by atomic mass is 10.2. The fourth-order valence-corrected chi connectivity index (χ4v) is 2.63. The molecule has 0 aliphatic heterocycles. The molecule has 0 saturated heterocycles. The van der Waals surface area contributed by atoms with E-state index in [1.807, 2.05) is 24.3 Å². The number of para-hydroxylation sites is 1. The SMILES string of the molecule is N#Cc1cnc2ccccc2c1SCC(O)CO. The van der Waals surface area contributed by atoms with Crippen molar-refractivity contribution < 1.29 is 10.2 Å². The first-order valence-electron chi connectivity index (χ1n) is 5.46. The summed E-state index contributed by atoms with van der Waals surface area (Å²) in [7, 11) is 0. The van der Waals surface area contributed by atoms with Crippen molar-refractivity contribution in [1.82, 2.24) is 4.98 Å². The van der Waals surface area contributed by atoms with Gasteiger partial charge in [-0.2, -0.15) is 5.26 Å². The van der Waals surface area contributed by atoms with Crippen LogP contribution in [0.1, 0.15) is 5.56 Å². The van der Waals surface area contributed by atoms with Crippen LogP contribution in [0.25, 0.3) is 10.9 Å². The number of nitrogens with zero attached hydrogens (tertiary/aromatic N) is 2. The van der Waals surface area contributed by atoms with Gasteiger partial charge in [-0.05, 0) is 6.07 Å².